The Bertz CT molecular complexity index is 563. The predicted octanol–water partition coefficient (Wildman–Crippen LogP) is 2.30. The number of amides is 1. The van der Waals surface area contributed by atoms with Gasteiger partial charge in [0.25, 0.3) is 5.91 Å². The van der Waals surface area contributed by atoms with Crippen molar-refractivity contribution >= 4 is 11.9 Å². The predicted molar refractivity (Wildman–Crippen MR) is 78.0 cm³/mol. The van der Waals surface area contributed by atoms with Crippen LogP contribution in [0.3, 0.4) is 0 Å². The standard InChI is InChI=1S/C16H20FNO4/c1-10-6-7-12(16(20)21)9-18(10)15(19)11(2)22-14-5-3-4-13(17)8-14/h3-5,8,10-12H,6-7,9H2,1-2H3,(H,20,21). The van der Waals surface area contributed by atoms with E-state index in [-0.39, 0.29) is 24.2 Å². The molecule has 1 aliphatic heterocycles. The SMILES string of the molecule is CC(Oc1cccc(F)c1)C(=O)N1CC(C(=O)O)CCC1C. The first-order chi connectivity index (χ1) is 10.4. The summed E-state index contributed by atoms with van der Waals surface area (Å²) in [5, 5.41) is 9.12. The first kappa shape index (κ1) is 16.3. The van der Waals surface area contributed by atoms with Crippen molar-refractivity contribution in [2.75, 3.05) is 6.54 Å². The van der Waals surface area contributed by atoms with E-state index in [4.69, 9.17) is 9.84 Å². The van der Waals surface area contributed by atoms with Gasteiger partial charge in [-0.05, 0) is 38.8 Å². The fourth-order valence-electron chi connectivity index (χ4n) is 2.64. The molecule has 1 aliphatic rings. The number of carboxylic acids is 1. The van der Waals surface area contributed by atoms with E-state index in [2.05, 4.69) is 0 Å². The number of likely N-dealkylation sites (tertiary alicyclic amines) is 1. The van der Waals surface area contributed by atoms with Crippen LogP contribution in [0, 0.1) is 11.7 Å². The summed E-state index contributed by atoms with van der Waals surface area (Å²) in [4.78, 5) is 25.1. The molecule has 1 aromatic rings. The van der Waals surface area contributed by atoms with Crippen molar-refractivity contribution in [3.8, 4) is 5.75 Å². The Morgan fingerprint density at radius 2 is 2.14 bits per heavy atom. The summed E-state index contributed by atoms with van der Waals surface area (Å²) in [6, 6.07) is 5.56. The zero-order chi connectivity index (χ0) is 16.3. The minimum atomic E-state index is -0.886. The van der Waals surface area contributed by atoms with Gasteiger partial charge in [0.15, 0.2) is 6.10 Å². The zero-order valence-electron chi connectivity index (χ0n) is 12.7. The van der Waals surface area contributed by atoms with Crippen molar-refractivity contribution in [2.24, 2.45) is 5.92 Å². The molecule has 0 bridgehead atoms. The summed E-state index contributed by atoms with van der Waals surface area (Å²) in [6.45, 7) is 3.67. The first-order valence-electron chi connectivity index (χ1n) is 7.34. The van der Waals surface area contributed by atoms with E-state index < -0.39 is 23.8 Å². The van der Waals surface area contributed by atoms with Crippen LogP contribution in [0.2, 0.25) is 0 Å². The number of aliphatic carboxylic acids is 1. The highest BCUT2D eigenvalue weighted by Crippen LogP contribution is 2.24. The van der Waals surface area contributed by atoms with Crippen LogP contribution in [0.1, 0.15) is 26.7 Å². The molecule has 6 heteroatoms. The molecule has 0 saturated carbocycles. The van der Waals surface area contributed by atoms with Crippen LogP contribution in [0.4, 0.5) is 4.39 Å². The average molecular weight is 309 g/mol. The number of hydrogen-bond acceptors (Lipinski definition) is 3. The fourth-order valence-corrected chi connectivity index (χ4v) is 2.64. The highest BCUT2D eigenvalue weighted by Gasteiger charge is 2.34. The van der Waals surface area contributed by atoms with Crippen LogP contribution in [-0.4, -0.2) is 40.6 Å². The van der Waals surface area contributed by atoms with Gasteiger partial charge >= 0.3 is 5.97 Å². The molecule has 0 aromatic heterocycles. The van der Waals surface area contributed by atoms with Gasteiger partial charge in [0.2, 0.25) is 0 Å². The smallest absolute Gasteiger partial charge is 0.308 e. The van der Waals surface area contributed by atoms with E-state index in [0.29, 0.717) is 12.8 Å². The molecule has 0 radical (unpaired) electrons. The topological polar surface area (TPSA) is 66.8 Å². The van der Waals surface area contributed by atoms with Crippen molar-refractivity contribution in [2.45, 2.75) is 38.8 Å². The molecule has 0 spiro atoms. The zero-order valence-corrected chi connectivity index (χ0v) is 12.7. The molecular formula is C16H20FNO4. The van der Waals surface area contributed by atoms with Gasteiger partial charge < -0.3 is 14.7 Å². The second-order valence-corrected chi connectivity index (χ2v) is 5.67. The third-order valence-electron chi connectivity index (χ3n) is 3.97. The lowest BCUT2D eigenvalue weighted by molar-refractivity contribution is -0.149. The summed E-state index contributed by atoms with van der Waals surface area (Å²) in [6.07, 6.45) is 0.422. The number of rotatable bonds is 4. The Hall–Kier alpha value is -2.11. The van der Waals surface area contributed by atoms with Gasteiger partial charge in [-0.15, -0.1) is 0 Å². The molecule has 1 amide bonds. The summed E-state index contributed by atoms with van der Waals surface area (Å²) in [5.41, 5.74) is 0. The van der Waals surface area contributed by atoms with E-state index in [9.17, 15) is 14.0 Å². The van der Waals surface area contributed by atoms with Gasteiger partial charge in [0.1, 0.15) is 11.6 Å². The Kier molecular flexibility index (Phi) is 5.00. The number of piperidine rings is 1. The summed E-state index contributed by atoms with van der Waals surface area (Å²) in [7, 11) is 0. The quantitative estimate of drug-likeness (QED) is 0.927. The number of carbonyl (C=O) groups is 2. The van der Waals surface area contributed by atoms with Gasteiger partial charge in [0, 0.05) is 18.7 Å². The Morgan fingerprint density at radius 3 is 2.77 bits per heavy atom. The number of halogens is 1. The molecule has 1 fully saturated rings. The highest BCUT2D eigenvalue weighted by molar-refractivity contribution is 5.82. The van der Waals surface area contributed by atoms with Crippen LogP contribution < -0.4 is 4.74 Å². The van der Waals surface area contributed by atoms with Crippen molar-refractivity contribution in [3.63, 3.8) is 0 Å². The maximum atomic E-state index is 13.1. The molecule has 1 N–H and O–H groups in total. The summed E-state index contributed by atoms with van der Waals surface area (Å²) >= 11 is 0. The number of hydrogen-bond donors (Lipinski definition) is 1. The van der Waals surface area contributed by atoms with Gasteiger partial charge in [-0.25, -0.2) is 4.39 Å². The van der Waals surface area contributed by atoms with Crippen LogP contribution in [0.15, 0.2) is 24.3 Å². The molecular weight excluding hydrogens is 289 g/mol. The number of carboxylic acid groups (broad SMARTS) is 1. The monoisotopic (exact) mass is 309 g/mol. The largest absolute Gasteiger partial charge is 0.481 e. The van der Waals surface area contributed by atoms with Crippen LogP contribution in [0.5, 0.6) is 5.75 Å². The van der Waals surface area contributed by atoms with Crippen LogP contribution in [-0.2, 0) is 9.59 Å². The molecule has 1 saturated heterocycles. The first-order valence-corrected chi connectivity index (χ1v) is 7.34. The lowest BCUT2D eigenvalue weighted by atomic mass is 9.93. The van der Waals surface area contributed by atoms with Gasteiger partial charge in [0.05, 0.1) is 5.92 Å². The molecule has 120 valence electrons. The molecule has 22 heavy (non-hydrogen) atoms. The molecule has 3 atom stereocenters. The van der Waals surface area contributed by atoms with E-state index in [1.165, 1.54) is 18.2 Å². The maximum Gasteiger partial charge on any atom is 0.308 e. The normalized spacial score (nSPS) is 23.0. The molecule has 1 heterocycles. The Labute approximate surface area is 128 Å². The summed E-state index contributed by atoms with van der Waals surface area (Å²) in [5.74, 6) is -1.86. The Morgan fingerprint density at radius 1 is 1.41 bits per heavy atom. The third kappa shape index (κ3) is 3.75. The van der Waals surface area contributed by atoms with E-state index in [0.717, 1.165) is 0 Å². The lowest BCUT2D eigenvalue weighted by Gasteiger charge is -2.37. The van der Waals surface area contributed by atoms with Gasteiger partial charge in [-0.1, -0.05) is 6.07 Å². The Balaban J connectivity index is 2.03. The van der Waals surface area contributed by atoms with Gasteiger partial charge in [-0.2, -0.15) is 0 Å². The maximum absolute atomic E-state index is 13.1. The number of benzene rings is 1. The number of ether oxygens (including phenoxy) is 1. The van der Waals surface area contributed by atoms with Crippen molar-refractivity contribution < 1.29 is 23.8 Å². The third-order valence-corrected chi connectivity index (χ3v) is 3.97. The second kappa shape index (κ2) is 6.77. The minimum Gasteiger partial charge on any atom is -0.481 e. The van der Waals surface area contributed by atoms with Crippen molar-refractivity contribution in [3.05, 3.63) is 30.1 Å². The summed E-state index contributed by atoms with van der Waals surface area (Å²) < 4.78 is 18.6. The van der Waals surface area contributed by atoms with E-state index in [1.807, 2.05) is 6.92 Å². The van der Waals surface area contributed by atoms with Crippen molar-refractivity contribution in [1.29, 1.82) is 0 Å². The number of nitrogens with zero attached hydrogens (tertiary/aromatic N) is 1. The second-order valence-electron chi connectivity index (χ2n) is 5.67. The molecule has 2 rings (SSSR count). The van der Waals surface area contributed by atoms with Crippen LogP contribution >= 0.6 is 0 Å². The average Bonchev–Trinajstić information content (AvgIpc) is 2.46. The minimum absolute atomic E-state index is 0.0262. The van der Waals surface area contributed by atoms with Gasteiger partial charge in [-0.3, -0.25) is 9.59 Å². The molecule has 0 aliphatic carbocycles. The van der Waals surface area contributed by atoms with Crippen LogP contribution in [0.25, 0.3) is 0 Å². The fraction of sp³-hybridized carbons (Fsp3) is 0.500. The number of carbonyl (C=O) groups excluding carboxylic acids is 1. The van der Waals surface area contributed by atoms with E-state index >= 15 is 0 Å². The van der Waals surface area contributed by atoms with Crippen molar-refractivity contribution in [1.82, 2.24) is 4.90 Å². The molecule has 5 nitrogen and oxygen atoms in total. The molecule has 1 aromatic carbocycles. The molecule has 3 unspecified atom stereocenters. The highest BCUT2D eigenvalue weighted by atomic mass is 19.1. The van der Waals surface area contributed by atoms with E-state index in [1.54, 1.807) is 17.9 Å². The lowest BCUT2D eigenvalue weighted by Crippen LogP contribution is -2.51.